The minimum Gasteiger partial charge on any atom is -0.449 e. The number of nitrogens with zero attached hydrogens (tertiary/aromatic N) is 5. The van der Waals surface area contributed by atoms with Crippen LogP contribution in [-0.4, -0.2) is 69.4 Å². The van der Waals surface area contributed by atoms with Gasteiger partial charge in [-0.15, -0.1) is 0 Å². The quantitative estimate of drug-likeness (QED) is 0.618. The highest BCUT2D eigenvalue weighted by atomic mass is 35.5. The van der Waals surface area contributed by atoms with Gasteiger partial charge < -0.3 is 14.5 Å². The number of hydrogen-bond donors (Lipinski definition) is 0. The standard InChI is InChI=1S/C22H24ClN5O3/c1-3-12-31-22(30)28-10-8-27(9-11-28)21(29)15-4-5-16-17(23)14-20(24-19(16)13-15)18-6-7-26(2)25-18/h4-7,13-14H,3,8-12H2,1-2H3. The Balaban J connectivity index is 1.52. The van der Waals surface area contributed by atoms with Crippen LogP contribution in [0.4, 0.5) is 4.79 Å². The number of carbonyl (C=O) groups is 2. The Bertz CT molecular complexity index is 1120. The van der Waals surface area contributed by atoms with Crippen molar-refractivity contribution in [1.29, 1.82) is 0 Å². The van der Waals surface area contributed by atoms with E-state index in [4.69, 9.17) is 16.3 Å². The average Bonchev–Trinajstić information content (AvgIpc) is 3.23. The van der Waals surface area contributed by atoms with Gasteiger partial charge in [0, 0.05) is 50.4 Å². The summed E-state index contributed by atoms with van der Waals surface area (Å²) in [7, 11) is 1.84. The van der Waals surface area contributed by atoms with Crippen LogP contribution in [0.2, 0.25) is 5.02 Å². The molecule has 0 aliphatic carbocycles. The molecule has 1 saturated heterocycles. The van der Waals surface area contributed by atoms with Crippen LogP contribution in [0.25, 0.3) is 22.3 Å². The van der Waals surface area contributed by atoms with E-state index in [1.165, 1.54) is 0 Å². The Labute approximate surface area is 185 Å². The fourth-order valence-electron chi connectivity index (χ4n) is 3.56. The summed E-state index contributed by atoms with van der Waals surface area (Å²) in [6.45, 7) is 4.19. The van der Waals surface area contributed by atoms with Gasteiger partial charge in [-0.1, -0.05) is 24.6 Å². The fourth-order valence-corrected chi connectivity index (χ4v) is 3.82. The minimum atomic E-state index is -0.319. The van der Waals surface area contributed by atoms with Crippen LogP contribution in [0.1, 0.15) is 23.7 Å². The first-order valence-corrected chi connectivity index (χ1v) is 10.7. The van der Waals surface area contributed by atoms with Crippen molar-refractivity contribution in [2.24, 2.45) is 7.05 Å². The summed E-state index contributed by atoms with van der Waals surface area (Å²) < 4.78 is 6.88. The van der Waals surface area contributed by atoms with Crippen LogP contribution >= 0.6 is 11.6 Å². The van der Waals surface area contributed by atoms with E-state index in [0.29, 0.717) is 60.3 Å². The first-order valence-electron chi connectivity index (χ1n) is 10.3. The number of carbonyl (C=O) groups excluding carboxylic acids is 2. The van der Waals surface area contributed by atoms with Crippen LogP contribution in [-0.2, 0) is 11.8 Å². The second-order valence-electron chi connectivity index (χ2n) is 7.49. The minimum absolute atomic E-state index is 0.0929. The molecule has 1 aliphatic heterocycles. The maximum absolute atomic E-state index is 13.0. The summed E-state index contributed by atoms with van der Waals surface area (Å²) in [5.74, 6) is -0.0929. The Morgan fingerprint density at radius 3 is 2.48 bits per heavy atom. The number of fused-ring (bicyclic) bond motifs is 1. The lowest BCUT2D eigenvalue weighted by molar-refractivity contribution is 0.0560. The molecule has 1 fully saturated rings. The lowest BCUT2D eigenvalue weighted by Gasteiger charge is -2.34. The molecular weight excluding hydrogens is 418 g/mol. The summed E-state index contributed by atoms with van der Waals surface area (Å²) >= 11 is 6.46. The highest BCUT2D eigenvalue weighted by Gasteiger charge is 2.26. The number of halogens is 1. The molecule has 4 rings (SSSR count). The van der Waals surface area contributed by atoms with Gasteiger partial charge in [-0.2, -0.15) is 5.10 Å². The van der Waals surface area contributed by atoms with Crippen molar-refractivity contribution in [3.63, 3.8) is 0 Å². The zero-order valence-corrected chi connectivity index (χ0v) is 18.3. The lowest BCUT2D eigenvalue weighted by atomic mass is 10.1. The van der Waals surface area contributed by atoms with E-state index in [9.17, 15) is 9.59 Å². The van der Waals surface area contributed by atoms with Gasteiger partial charge in [0.05, 0.1) is 22.8 Å². The molecule has 2 amide bonds. The molecule has 0 N–H and O–H groups in total. The van der Waals surface area contributed by atoms with E-state index in [2.05, 4.69) is 10.1 Å². The van der Waals surface area contributed by atoms with Gasteiger partial charge in [-0.05, 0) is 30.7 Å². The number of hydrogen-bond acceptors (Lipinski definition) is 5. The van der Waals surface area contributed by atoms with Crippen LogP contribution in [0, 0.1) is 0 Å². The van der Waals surface area contributed by atoms with E-state index in [-0.39, 0.29) is 12.0 Å². The average molecular weight is 442 g/mol. The summed E-state index contributed by atoms with van der Waals surface area (Å²) in [5, 5.41) is 5.72. The first kappa shape index (κ1) is 21.1. The zero-order valence-electron chi connectivity index (χ0n) is 17.5. The van der Waals surface area contributed by atoms with Crippen molar-refractivity contribution in [2.75, 3.05) is 32.8 Å². The van der Waals surface area contributed by atoms with Crippen molar-refractivity contribution in [3.8, 4) is 11.4 Å². The number of ether oxygens (including phenoxy) is 1. The second kappa shape index (κ2) is 8.93. The van der Waals surface area contributed by atoms with Gasteiger partial charge in [-0.3, -0.25) is 9.48 Å². The van der Waals surface area contributed by atoms with E-state index in [0.717, 1.165) is 11.8 Å². The normalized spacial score (nSPS) is 14.2. The van der Waals surface area contributed by atoms with Gasteiger partial charge >= 0.3 is 6.09 Å². The van der Waals surface area contributed by atoms with Crippen molar-refractivity contribution >= 4 is 34.5 Å². The zero-order chi connectivity index (χ0) is 22.0. The molecule has 1 aliphatic rings. The number of aromatic nitrogens is 3. The highest BCUT2D eigenvalue weighted by Crippen LogP contribution is 2.28. The van der Waals surface area contributed by atoms with E-state index >= 15 is 0 Å². The molecule has 0 saturated carbocycles. The Morgan fingerprint density at radius 2 is 1.81 bits per heavy atom. The van der Waals surface area contributed by atoms with Crippen LogP contribution < -0.4 is 0 Å². The monoisotopic (exact) mass is 441 g/mol. The van der Waals surface area contributed by atoms with Crippen molar-refractivity contribution in [1.82, 2.24) is 24.6 Å². The molecule has 0 bridgehead atoms. The molecule has 0 atom stereocenters. The molecule has 2 aromatic heterocycles. The molecule has 3 aromatic rings. The Morgan fingerprint density at radius 1 is 1.06 bits per heavy atom. The molecule has 162 valence electrons. The summed E-state index contributed by atoms with van der Waals surface area (Å²) in [5.41, 5.74) is 2.55. The topological polar surface area (TPSA) is 80.6 Å². The molecule has 0 unspecified atom stereocenters. The summed E-state index contributed by atoms with van der Waals surface area (Å²) in [4.78, 5) is 33.1. The van der Waals surface area contributed by atoms with E-state index in [1.807, 2.05) is 32.3 Å². The van der Waals surface area contributed by atoms with Crippen molar-refractivity contribution in [2.45, 2.75) is 13.3 Å². The van der Waals surface area contributed by atoms with Gasteiger partial charge in [0.25, 0.3) is 5.91 Å². The highest BCUT2D eigenvalue weighted by molar-refractivity contribution is 6.35. The number of pyridine rings is 1. The van der Waals surface area contributed by atoms with Gasteiger partial charge in [-0.25, -0.2) is 9.78 Å². The molecule has 8 nitrogen and oxygen atoms in total. The molecular formula is C22H24ClN5O3. The van der Waals surface area contributed by atoms with Crippen LogP contribution in [0.3, 0.4) is 0 Å². The molecule has 1 aromatic carbocycles. The van der Waals surface area contributed by atoms with Crippen molar-refractivity contribution in [3.05, 3.63) is 47.1 Å². The first-order chi connectivity index (χ1) is 15.0. The van der Waals surface area contributed by atoms with Crippen LogP contribution in [0.15, 0.2) is 36.5 Å². The maximum Gasteiger partial charge on any atom is 0.409 e. The predicted octanol–water partition coefficient (Wildman–Crippen LogP) is 3.59. The third-order valence-electron chi connectivity index (χ3n) is 5.24. The number of amides is 2. The number of benzene rings is 1. The molecule has 0 radical (unpaired) electrons. The number of rotatable bonds is 4. The maximum atomic E-state index is 13.0. The summed E-state index contributed by atoms with van der Waals surface area (Å²) in [6, 6.07) is 8.99. The smallest absolute Gasteiger partial charge is 0.409 e. The molecule has 31 heavy (non-hydrogen) atoms. The van der Waals surface area contributed by atoms with Crippen molar-refractivity contribution < 1.29 is 14.3 Å². The van der Waals surface area contributed by atoms with E-state index in [1.54, 1.807) is 32.7 Å². The summed E-state index contributed by atoms with van der Waals surface area (Å²) in [6.07, 6.45) is 2.31. The lowest BCUT2D eigenvalue weighted by Crippen LogP contribution is -2.50. The number of piperazine rings is 1. The Kier molecular flexibility index (Phi) is 6.08. The SMILES string of the molecule is CCCOC(=O)N1CCN(C(=O)c2ccc3c(Cl)cc(-c4ccn(C)n4)nc3c2)CC1. The third kappa shape index (κ3) is 4.49. The fraction of sp³-hybridized carbons (Fsp3) is 0.364. The molecule has 0 spiro atoms. The predicted molar refractivity (Wildman–Crippen MR) is 118 cm³/mol. The third-order valence-corrected chi connectivity index (χ3v) is 5.55. The van der Waals surface area contributed by atoms with Gasteiger partial charge in [0.2, 0.25) is 0 Å². The number of aryl methyl sites for hydroxylation is 1. The Hall–Kier alpha value is -3.13. The second-order valence-corrected chi connectivity index (χ2v) is 7.90. The van der Waals surface area contributed by atoms with E-state index < -0.39 is 0 Å². The largest absolute Gasteiger partial charge is 0.449 e. The van der Waals surface area contributed by atoms with Crippen LogP contribution in [0.5, 0.6) is 0 Å². The molecule has 9 heteroatoms. The molecule has 3 heterocycles. The van der Waals surface area contributed by atoms with Gasteiger partial charge in [0.1, 0.15) is 5.69 Å². The van der Waals surface area contributed by atoms with Gasteiger partial charge in [0.15, 0.2) is 0 Å².